The second-order valence-corrected chi connectivity index (χ2v) is 10.3. The summed E-state index contributed by atoms with van der Waals surface area (Å²) in [5, 5.41) is 0. The highest BCUT2D eigenvalue weighted by Gasteiger charge is 2.58. The molecule has 0 saturated heterocycles. The smallest absolute Gasteiger partial charge is 0.0543 e. The second kappa shape index (κ2) is 4.91. The van der Waals surface area contributed by atoms with Crippen molar-refractivity contribution in [2.45, 2.75) is 74.3 Å². The van der Waals surface area contributed by atoms with E-state index in [-0.39, 0.29) is 4.87 Å². The van der Waals surface area contributed by atoms with Crippen molar-refractivity contribution in [2.75, 3.05) is 0 Å². The second-order valence-electron chi connectivity index (χ2n) is 7.27. The Balaban J connectivity index is 2.34. The van der Waals surface area contributed by atoms with Gasteiger partial charge in [-0.1, -0.05) is 52.6 Å². The molecule has 0 N–H and O–H groups in total. The van der Waals surface area contributed by atoms with Gasteiger partial charge in [0.2, 0.25) is 0 Å². The molecule has 2 fully saturated rings. The van der Waals surface area contributed by atoms with Crippen molar-refractivity contribution in [3.63, 3.8) is 0 Å². The molecule has 0 amide bonds. The van der Waals surface area contributed by atoms with Crippen LogP contribution in [-0.4, -0.2) is 14.5 Å². The molecule has 0 heterocycles. The van der Waals surface area contributed by atoms with Crippen molar-refractivity contribution in [3.05, 3.63) is 0 Å². The average molecular weight is 401 g/mol. The zero-order valence-corrected chi connectivity index (χ0v) is 15.8. The Morgan fingerprint density at radius 1 is 1.00 bits per heavy atom. The normalized spacial score (nSPS) is 52.5. The van der Waals surface area contributed by atoms with E-state index in [1.165, 1.54) is 25.7 Å². The van der Waals surface area contributed by atoms with Gasteiger partial charge in [0, 0.05) is 9.65 Å². The summed E-state index contributed by atoms with van der Waals surface area (Å²) in [6.45, 7) is 9.56. The van der Waals surface area contributed by atoms with Gasteiger partial charge in [-0.2, -0.15) is 0 Å². The van der Waals surface area contributed by atoms with Gasteiger partial charge in [0.05, 0.1) is 4.87 Å². The van der Waals surface area contributed by atoms with E-state index in [2.05, 4.69) is 59.6 Å². The molecule has 5 atom stereocenters. The Morgan fingerprint density at radius 2 is 1.61 bits per heavy atom. The average Bonchev–Trinajstić information content (AvgIpc) is 2.27. The summed E-state index contributed by atoms with van der Waals surface area (Å²) in [7, 11) is 0. The molecule has 0 aliphatic heterocycles. The van der Waals surface area contributed by atoms with E-state index in [0.29, 0.717) is 20.5 Å². The molecule has 5 unspecified atom stereocenters. The molecule has 106 valence electrons. The summed E-state index contributed by atoms with van der Waals surface area (Å²) in [6.07, 6.45) is 6.26. The monoisotopic (exact) mass is 398 g/mol. The van der Waals surface area contributed by atoms with Crippen molar-refractivity contribution in [2.24, 2.45) is 16.7 Å². The Morgan fingerprint density at radius 3 is 2.17 bits per heavy atom. The molecular weight excluding hydrogens is 375 g/mol. The summed E-state index contributed by atoms with van der Waals surface area (Å²) in [5.41, 5.74) is 0.784. The third-order valence-corrected chi connectivity index (χ3v) is 9.77. The van der Waals surface area contributed by atoms with Crippen LogP contribution in [0.4, 0.5) is 0 Å². The molecule has 0 aromatic heterocycles. The molecule has 2 saturated carbocycles. The lowest BCUT2D eigenvalue weighted by atomic mass is 9.48. The maximum absolute atomic E-state index is 6.64. The molecule has 2 aliphatic carbocycles. The fourth-order valence-corrected chi connectivity index (χ4v) is 5.97. The first kappa shape index (κ1) is 15.6. The lowest BCUT2D eigenvalue weighted by molar-refractivity contribution is -0.0600. The lowest BCUT2D eigenvalue weighted by Gasteiger charge is -2.61. The van der Waals surface area contributed by atoms with Crippen LogP contribution in [0, 0.1) is 16.7 Å². The molecule has 0 radical (unpaired) electrons. The lowest BCUT2D eigenvalue weighted by Crippen LogP contribution is -2.57. The minimum atomic E-state index is -0.0691. The first-order valence-corrected chi connectivity index (χ1v) is 9.31. The van der Waals surface area contributed by atoms with Crippen LogP contribution in [0.3, 0.4) is 0 Å². The van der Waals surface area contributed by atoms with Crippen LogP contribution in [0.2, 0.25) is 0 Å². The van der Waals surface area contributed by atoms with E-state index in [1.807, 2.05) is 0 Å². The van der Waals surface area contributed by atoms with Gasteiger partial charge < -0.3 is 0 Å². The highest BCUT2D eigenvalue weighted by Crippen LogP contribution is 2.64. The third kappa shape index (κ3) is 2.22. The number of halogens is 3. The first-order chi connectivity index (χ1) is 8.13. The van der Waals surface area contributed by atoms with Crippen LogP contribution in [-0.2, 0) is 0 Å². The fourth-order valence-electron chi connectivity index (χ4n) is 4.27. The highest BCUT2D eigenvalue weighted by molar-refractivity contribution is 9.09. The van der Waals surface area contributed by atoms with Gasteiger partial charge in [-0.05, 0) is 55.8 Å². The highest BCUT2D eigenvalue weighted by atomic mass is 79.9. The molecule has 0 bridgehead atoms. The van der Waals surface area contributed by atoms with Gasteiger partial charge in [-0.25, -0.2) is 0 Å². The molecule has 0 aromatic carbocycles. The Hall–Kier alpha value is 1.25. The Labute approximate surface area is 134 Å². The Kier molecular flexibility index (Phi) is 4.27. The van der Waals surface area contributed by atoms with E-state index >= 15 is 0 Å². The summed E-state index contributed by atoms with van der Waals surface area (Å²) in [6, 6.07) is 0. The van der Waals surface area contributed by atoms with E-state index in [9.17, 15) is 0 Å². The SMILES string of the molecule is CC1CCC(Br)C(C)(C)C12CCC(C)(Cl)C(Br)C2. The quantitative estimate of drug-likeness (QED) is 0.429. The predicted octanol–water partition coefficient (Wildman–Crippen LogP) is 6.14. The fraction of sp³-hybridized carbons (Fsp3) is 1.00. The Bertz CT molecular complexity index is 326. The first-order valence-electron chi connectivity index (χ1n) is 7.10. The molecule has 2 aliphatic rings. The molecule has 18 heavy (non-hydrogen) atoms. The summed E-state index contributed by atoms with van der Waals surface area (Å²) in [5.74, 6) is 0.800. The van der Waals surface area contributed by atoms with E-state index in [4.69, 9.17) is 11.6 Å². The largest absolute Gasteiger partial charge is 0.118 e. The molecular formula is C15H25Br2Cl. The van der Waals surface area contributed by atoms with Crippen LogP contribution < -0.4 is 0 Å². The summed E-state index contributed by atoms with van der Waals surface area (Å²) >= 11 is 14.5. The van der Waals surface area contributed by atoms with Crippen LogP contribution in [0.15, 0.2) is 0 Å². The molecule has 3 heteroatoms. The van der Waals surface area contributed by atoms with Gasteiger partial charge in [0.15, 0.2) is 0 Å². The maximum atomic E-state index is 6.64. The zero-order valence-electron chi connectivity index (χ0n) is 11.9. The standard InChI is InChI=1S/C15H25Br2Cl/c1-10-5-6-11(16)13(2,3)15(10)8-7-14(4,18)12(17)9-15/h10-12H,5-9H2,1-4H3. The third-order valence-electron chi connectivity index (χ3n) is 6.12. The molecule has 0 aromatic rings. The predicted molar refractivity (Wildman–Crippen MR) is 88.2 cm³/mol. The maximum Gasteiger partial charge on any atom is 0.0543 e. The summed E-state index contributed by atoms with van der Waals surface area (Å²) < 4.78 is 0. The van der Waals surface area contributed by atoms with E-state index in [1.54, 1.807) is 0 Å². The van der Waals surface area contributed by atoms with Gasteiger partial charge in [-0.15, -0.1) is 11.6 Å². The molecule has 0 nitrogen and oxygen atoms in total. The van der Waals surface area contributed by atoms with Crippen molar-refractivity contribution in [3.8, 4) is 0 Å². The number of alkyl halides is 3. The van der Waals surface area contributed by atoms with Crippen LogP contribution in [0.25, 0.3) is 0 Å². The summed E-state index contributed by atoms with van der Waals surface area (Å²) in [4.78, 5) is 1.00. The zero-order chi connectivity index (χ0) is 13.8. The minimum absolute atomic E-state index is 0.0691. The van der Waals surface area contributed by atoms with Crippen molar-refractivity contribution in [1.82, 2.24) is 0 Å². The van der Waals surface area contributed by atoms with Crippen molar-refractivity contribution in [1.29, 1.82) is 0 Å². The van der Waals surface area contributed by atoms with Crippen LogP contribution >= 0.6 is 43.5 Å². The van der Waals surface area contributed by atoms with Crippen LogP contribution in [0.5, 0.6) is 0 Å². The molecule has 1 spiro atoms. The van der Waals surface area contributed by atoms with Crippen molar-refractivity contribution < 1.29 is 0 Å². The minimum Gasteiger partial charge on any atom is -0.118 e. The number of rotatable bonds is 0. The van der Waals surface area contributed by atoms with E-state index in [0.717, 1.165) is 12.3 Å². The van der Waals surface area contributed by atoms with Gasteiger partial charge in [-0.3, -0.25) is 0 Å². The number of hydrogen-bond acceptors (Lipinski definition) is 0. The topological polar surface area (TPSA) is 0 Å². The van der Waals surface area contributed by atoms with E-state index < -0.39 is 0 Å². The van der Waals surface area contributed by atoms with Crippen LogP contribution in [0.1, 0.15) is 59.8 Å². The van der Waals surface area contributed by atoms with Gasteiger partial charge in [0.1, 0.15) is 0 Å². The van der Waals surface area contributed by atoms with Gasteiger partial charge >= 0.3 is 0 Å². The molecule has 2 rings (SSSR count). The van der Waals surface area contributed by atoms with Gasteiger partial charge in [0.25, 0.3) is 0 Å². The van der Waals surface area contributed by atoms with Crippen molar-refractivity contribution >= 4 is 43.5 Å². The number of hydrogen-bond donors (Lipinski definition) is 0.